The zero-order valence-corrected chi connectivity index (χ0v) is 16.6. The zero-order chi connectivity index (χ0) is 19.3. The molecule has 142 valence electrons. The summed E-state index contributed by atoms with van der Waals surface area (Å²) >= 11 is 0. The van der Waals surface area contributed by atoms with Gasteiger partial charge in [-0.1, -0.05) is 19.9 Å². The lowest BCUT2D eigenvalue weighted by Crippen LogP contribution is -2.28. The van der Waals surface area contributed by atoms with Crippen LogP contribution in [0, 0.1) is 12.8 Å². The fourth-order valence-corrected chi connectivity index (χ4v) is 2.67. The molecule has 0 saturated heterocycles. The van der Waals surface area contributed by atoms with E-state index in [1.54, 1.807) is 7.11 Å². The Labute approximate surface area is 156 Å². The standard InChI is InChI=1S/C21H30N2O3/c1-14(2)11-12-26-19-10-8-17(13-20(19)25-6)16(4)22-21(24)18-9-7-15(3)23(18)5/h7-10,13-14,16H,11-12H2,1-6H3,(H,22,24). The molecule has 0 radical (unpaired) electrons. The van der Waals surface area contributed by atoms with Crippen molar-refractivity contribution in [2.45, 2.75) is 40.2 Å². The predicted octanol–water partition coefficient (Wildman–Crippen LogP) is 4.26. The Morgan fingerprint density at radius 3 is 2.46 bits per heavy atom. The lowest BCUT2D eigenvalue weighted by molar-refractivity contribution is 0.0931. The SMILES string of the molecule is COc1cc(C(C)NC(=O)c2ccc(C)n2C)ccc1OCCC(C)C. The summed E-state index contributed by atoms with van der Waals surface area (Å²) in [5, 5.41) is 3.04. The molecule has 0 bridgehead atoms. The predicted molar refractivity (Wildman–Crippen MR) is 104 cm³/mol. The highest BCUT2D eigenvalue weighted by Gasteiger charge is 2.16. The number of rotatable bonds is 8. The molecule has 1 aromatic carbocycles. The van der Waals surface area contributed by atoms with Crippen molar-refractivity contribution in [1.82, 2.24) is 9.88 Å². The number of hydrogen-bond donors (Lipinski definition) is 1. The molecule has 5 heteroatoms. The number of nitrogens with one attached hydrogen (secondary N) is 1. The zero-order valence-electron chi connectivity index (χ0n) is 16.6. The van der Waals surface area contributed by atoms with Crippen molar-refractivity contribution in [3.05, 3.63) is 47.3 Å². The first-order valence-electron chi connectivity index (χ1n) is 9.07. The third kappa shape index (κ3) is 4.81. The van der Waals surface area contributed by atoms with E-state index in [-0.39, 0.29) is 11.9 Å². The quantitative estimate of drug-likeness (QED) is 0.767. The minimum Gasteiger partial charge on any atom is -0.493 e. The second-order valence-corrected chi connectivity index (χ2v) is 7.06. The Morgan fingerprint density at radius 2 is 1.88 bits per heavy atom. The van der Waals surface area contributed by atoms with Crippen molar-refractivity contribution >= 4 is 5.91 Å². The van der Waals surface area contributed by atoms with Crippen molar-refractivity contribution < 1.29 is 14.3 Å². The fraction of sp³-hybridized carbons (Fsp3) is 0.476. The molecule has 0 aliphatic heterocycles. The number of aromatic nitrogens is 1. The minimum atomic E-state index is -0.142. The van der Waals surface area contributed by atoms with Gasteiger partial charge < -0.3 is 19.4 Å². The van der Waals surface area contributed by atoms with E-state index < -0.39 is 0 Å². The van der Waals surface area contributed by atoms with Gasteiger partial charge in [-0.3, -0.25) is 4.79 Å². The number of hydrogen-bond acceptors (Lipinski definition) is 3. The topological polar surface area (TPSA) is 52.5 Å². The molecular weight excluding hydrogens is 328 g/mol. The lowest BCUT2D eigenvalue weighted by Gasteiger charge is -2.18. The van der Waals surface area contributed by atoms with E-state index in [9.17, 15) is 4.79 Å². The Balaban J connectivity index is 2.07. The molecule has 0 aliphatic rings. The van der Waals surface area contributed by atoms with Crippen LogP contribution in [0.3, 0.4) is 0 Å². The first kappa shape index (κ1) is 19.9. The van der Waals surface area contributed by atoms with Gasteiger partial charge in [0.1, 0.15) is 5.69 Å². The summed E-state index contributed by atoms with van der Waals surface area (Å²) < 4.78 is 13.2. The molecule has 1 unspecified atom stereocenters. The van der Waals surface area contributed by atoms with Crippen molar-refractivity contribution in [3.8, 4) is 11.5 Å². The number of carbonyl (C=O) groups is 1. The summed E-state index contributed by atoms with van der Waals surface area (Å²) in [6.07, 6.45) is 0.993. The molecule has 1 aromatic heterocycles. The van der Waals surface area contributed by atoms with Crippen molar-refractivity contribution in [2.75, 3.05) is 13.7 Å². The summed E-state index contributed by atoms with van der Waals surface area (Å²) in [5.41, 5.74) is 2.67. The maximum absolute atomic E-state index is 12.5. The van der Waals surface area contributed by atoms with Crippen LogP contribution in [0.25, 0.3) is 0 Å². The van der Waals surface area contributed by atoms with Gasteiger partial charge in [0.25, 0.3) is 5.91 Å². The normalized spacial score (nSPS) is 12.1. The highest BCUT2D eigenvalue weighted by molar-refractivity contribution is 5.93. The van der Waals surface area contributed by atoms with Crippen molar-refractivity contribution in [2.24, 2.45) is 13.0 Å². The lowest BCUT2D eigenvalue weighted by atomic mass is 10.1. The van der Waals surface area contributed by atoms with Crippen LogP contribution in [-0.4, -0.2) is 24.2 Å². The molecule has 0 aliphatic carbocycles. The number of aryl methyl sites for hydroxylation is 1. The van der Waals surface area contributed by atoms with E-state index >= 15 is 0 Å². The molecule has 5 nitrogen and oxygen atoms in total. The third-order valence-corrected chi connectivity index (χ3v) is 4.59. The minimum absolute atomic E-state index is 0.0932. The Hall–Kier alpha value is -2.43. The van der Waals surface area contributed by atoms with E-state index in [0.29, 0.717) is 24.0 Å². The van der Waals surface area contributed by atoms with Crippen LogP contribution in [0.4, 0.5) is 0 Å². The summed E-state index contributed by atoms with van der Waals surface area (Å²) in [4.78, 5) is 12.5. The maximum Gasteiger partial charge on any atom is 0.268 e. The van der Waals surface area contributed by atoms with E-state index in [4.69, 9.17) is 9.47 Å². The monoisotopic (exact) mass is 358 g/mol. The Kier molecular flexibility index (Phi) is 6.72. The molecule has 1 atom stereocenters. The van der Waals surface area contributed by atoms with Crippen LogP contribution in [0.1, 0.15) is 55.0 Å². The van der Waals surface area contributed by atoms with E-state index in [2.05, 4.69) is 19.2 Å². The average Bonchev–Trinajstić information content (AvgIpc) is 2.94. The van der Waals surface area contributed by atoms with Gasteiger partial charge in [-0.15, -0.1) is 0 Å². The van der Waals surface area contributed by atoms with Gasteiger partial charge in [0.05, 0.1) is 19.8 Å². The van der Waals surface area contributed by atoms with Gasteiger partial charge in [0.2, 0.25) is 0 Å². The number of nitrogens with zero attached hydrogens (tertiary/aromatic N) is 1. The molecular formula is C21H30N2O3. The van der Waals surface area contributed by atoms with E-state index in [1.807, 2.05) is 55.8 Å². The third-order valence-electron chi connectivity index (χ3n) is 4.59. The van der Waals surface area contributed by atoms with Crippen LogP contribution in [0.2, 0.25) is 0 Å². The van der Waals surface area contributed by atoms with Gasteiger partial charge >= 0.3 is 0 Å². The van der Waals surface area contributed by atoms with Gasteiger partial charge in [-0.05, 0) is 56.0 Å². The molecule has 1 amide bonds. The highest BCUT2D eigenvalue weighted by Crippen LogP contribution is 2.30. The smallest absolute Gasteiger partial charge is 0.268 e. The highest BCUT2D eigenvalue weighted by atomic mass is 16.5. The molecule has 1 heterocycles. The molecule has 2 rings (SSSR count). The van der Waals surface area contributed by atoms with Crippen LogP contribution in [0.5, 0.6) is 11.5 Å². The first-order chi connectivity index (χ1) is 12.3. The average molecular weight is 358 g/mol. The van der Waals surface area contributed by atoms with Gasteiger partial charge in [-0.25, -0.2) is 0 Å². The van der Waals surface area contributed by atoms with E-state index in [1.165, 1.54) is 0 Å². The molecule has 0 spiro atoms. The van der Waals surface area contributed by atoms with Gasteiger partial charge in [-0.2, -0.15) is 0 Å². The van der Waals surface area contributed by atoms with Gasteiger partial charge in [0.15, 0.2) is 11.5 Å². The number of ether oxygens (including phenoxy) is 2. The summed E-state index contributed by atoms with van der Waals surface area (Å²) in [5.74, 6) is 1.91. The number of amides is 1. The van der Waals surface area contributed by atoms with Crippen LogP contribution < -0.4 is 14.8 Å². The van der Waals surface area contributed by atoms with Crippen LogP contribution in [-0.2, 0) is 7.05 Å². The molecule has 2 aromatic rings. The van der Waals surface area contributed by atoms with Gasteiger partial charge in [0, 0.05) is 12.7 Å². The van der Waals surface area contributed by atoms with Crippen LogP contribution >= 0.6 is 0 Å². The molecule has 26 heavy (non-hydrogen) atoms. The maximum atomic E-state index is 12.5. The summed E-state index contributed by atoms with van der Waals surface area (Å²) in [6, 6.07) is 9.43. The largest absolute Gasteiger partial charge is 0.493 e. The first-order valence-corrected chi connectivity index (χ1v) is 9.07. The Bertz CT molecular complexity index is 750. The summed E-state index contributed by atoms with van der Waals surface area (Å²) in [6.45, 7) is 8.93. The van der Waals surface area contributed by atoms with Crippen molar-refractivity contribution in [1.29, 1.82) is 0 Å². The number of methoxy groups -OCH3 is 1. The fourth-order valence-electron chi connectivity index (χ4n) is 2.67. The number of benzene rings is 1. The number of carbonyl (C=O) groups excluding carboxylic acids is 1. The van der Waals surface area contributed by atoms with E-state index in [0.717, 1.165) is 23.4 Å². The Morgan fingerprint density at radius 1 is 1.15 bits per heavy atom. The molecule has 0 fully saturated rings. The van der Waals surface area contributed by atoms with Crippen molar-refractivity contribution in [3.63, 3.8) is 0 Å². The molecule has 1 N–H and O–H groups in total. The summed E-state index contributed by atoms with van der Waals surface area (Å²) in [7, 11) is 3.52. The van der Waals surface area contributed by atoms with Crippen LogP contribution in [0.15, 0.2) is 30.3 Å². The second kappa shape index (κ2) is 8.79. The second-order valence-electron chi connectivity index (χ2n) is 7.06. The molecule has 0 saturated carbocycles.